The first kappa shape index (κ1) is 22.0. The van der Waals surface area contributed by atoms with E-state index in [0.717, 1.165) is 0 Å². The number of carbonyl (C=O) groups excluding carboxylic acids is 1. The van der Waals surface area contributed by atoms with Gasteiger partial charge in [0, 0.05) is 27.9 Å². The van der Waals surface area contributed by atoms with Crippen molar-refractivity contribution in [2.75, 3.05) is 7.11 Å². The molecule has 0 atom stereocenters. The second kappa shape index (κ2) is 9.42. The molecule has 32 heavy (non-hydrogen) atoms. The number of amides is 1. The molecule has 2 aromatic carbocycles. The van der Waals surface area contributed by atoms with E-state index in [4.69, 9.17) is 4.74 Å². The third kappa shape index (κ3) is 5.08. The Kier molecular flexibility index (Phi) is 6.48. The molecule has 0 aliphatic rings. The van der Waals surface area contributed by atoms with E-state index in [0.29, 0.717) is 22.4 Å². The third-order valence-corrected chi connectivity index (χ3v) is 4.36. The largest absolute Gasteiger partial charge is 0.496 e. The van der Waals surface area contributed by atoms with Gasteiger partial charge in [0.05, 0.1) is 24.8 Å². The van der Waals surface area contributed by atoms with Crippen LogP contribution in [0.25, 0.3) is 0 Å². The van der Waals surface area contributed by atoms with Crippen molar-refractivity contribution in [3.05, 3.63) is 85.2 Å². The predicted molar refractivity (Wildman–Crippen MR) is 112 cm³/mol. The highest BCUT2D eigenvalue weighted by molar-refractivity contribution is 5.95. The molecule has 13 heteroatoms. The number of nitro benzene ring substituents is 1. The van der Waals surface area contributed by atoms with Crippen molar-refractivity contribution in [1.29, 1.82) is 0 Å². The van der Waals surface area contributed by atoms with Gasteiger partial charge >= 0.3 is 5.95 Å². The first-order chi connectivity index (χ1) is 15.3. The number of aryl methyl sites for hydroxylation is 1. The average Bonchev–Trinajstić information content (AvgIpc) is 3.22. The molecule has 0 aliphatic carbocycles. The van der Waals surface area contributed by atoms with Gasteiger partial charge in [-0.2, -0.15) is 9.78 Å². The first-order valence-corrected chi connectivity index (χ1v) is 9.07. The van der Waals surface area contributed by atoms with Crippen molar-refractivity contribution in [1.82, 2.24) is 20.2 Å². The Morgan fingerprint density at radius 1 is 1.22 bits per heavy atom. The molecule has 0 saturated carbocycles. The van der Waals surface area contributed by atoms with Crippen molar-refractivity contribution in [3.63, 3.8) is 0 Å². The van der Waals surface area contributed by atoms with Crippen molar-refractivity contribution in [2.24, 2.45) is 5.10 Å². The molecule has 0 unspecified atom stereocenters. The van der Waals surface area contributed by atoms with Crippen LogP contribution >= 0.6 is 0 Å². The molecule has 0 radical (unpaired) electrons. The lowest BCUT2D eigenvalue weighted by Gasteiger charge is -2.08. The van der Waals surface area contributed by atoms with E-state index in [2.05, 4.69) is 20.6 Å². The predicted octanol–water partition coefficient (Wildman–Crippen LogP) is 2.22. The van der Waals surface area contributed by atoms with Crippen LogP contribution < -0.4 is 10.2 Å². The molecule has 0 spiro atoms. The zero-order valence-corrected chi connectivity index (χ0v) is 17.0. The number of hydrogen-bond donors (Lipinski definition) is 1. The number of benzene rings is 2. The Morgan fingerprint density at radius 2 is 2.00 bits per heavy atom. The van der Waals surface area contributed by atoms with Gasteiger partial charge in [-0.15, -0.1) is 0 Å². The summed E-state index contributed by atoms with van der Waals surface area (Å²) in [6.07, 6.45) is 2.65. The van der Waals surface area contributed by atoms with Crippen LogP contribution in [0.4, 0.5) is 11.6 Å². The Bertz CT molecular complexity index is 1220. The highest BCUT2D eigenvalue weighted by atomic mass is 16.6. The third-order valence-electron chi connectivity index (χ3n) is 4.36. The van der Waals surface area contributed by atoms with E-state index in [-0.39, 0.29) is 17.8 Å². The quantitative estimate of drug-likeness (QED) is 0.316. The van der Waals surface area contributed by atoms with Crippen LogP contribution in [-0.4, -0.2) is 43.8 Å². The van der Waals surface area contributed by atoms with E-state index < -0.39 is 21.7 Å². The number of carbonyl (C=O) groups is 1. The van der Waals surface area contributed by atoms with E-state index in [9.17, 15) is 25.0 Å². The molecule has 0 bridgehead atoms. The lowest BCUT2D eigenvalue weighted by atomic mass is 10.1. The average molecular weight is 439 g/mol. The van der Waals surface area contributed by atoms with Gasteiger partial charge in [0.15, 0.2) is 0 Å². The molecule has 164 valence electrons. The number of nitro groups is 2. The molecular formula is C19H17N7O6. The van der Waals surface area contributed by atoms with Crippen LogP contribution in [0.1, 0.15) is 27.0 Å². The number of nitrogens with zero attached hydrogens (tertiary/aromatic N) is 6. The fourth-order valence-electron chi connectivity index (χ4n) is 2.85. The number of methoxy groups -OCH3 is 1. The summed E-state index contributed by atoms with van der Waals surface area (Å²) in [5.74, 6) is -0.500. The summed E-state index contributed by atoms with van der Waals surface area (Å²) in [6.45, 7) is 1.71. The minimum Gasteiger partial charge on any atom is -0.496 e. The van der Waals surface area contributed by atoms with Crippen LogP contribution in [0.2, 0.25) is 0 Å². The first-order valence-electron chi connectivity index (χ1n) is 9.07. The van der Waals surface area contributed by atoms with Crippen LogP contribution in [0.15, 0.2) is 47.8 Å². The number of aromatic nitrogens is 3. The van der Waals surface area contributed by atoms with Gasteiger partial charge in [0.1, 0.15) is 5.75 Å². The van der Waals surface area contributed by atoms with Crippen molar-refractivity contribution in [2.45, 2.75) is 13.5 Å². The molecule has 13 nitrogen and oxygen atoms in total. The van der Waals surface area contributed by atoms with Gasteiger partial charge in [-0.1, -0.05) is 4.98 Å². The van der Waals surface area contributed by atoms with Crippen LogP contribution in [0.3, 0.4) is 0 Å². The fourth-order valence-corrected chi connectivity index (χ4v) is 2.85. The number of hydrazone groups is 1. The highest BCUT2D eigenvalue weighted by Gasteiger charge is 2.15. The van der Waals surface area contributed by atoms with E-state index >= 15 is 0 Å². The summed E-state index contributed by atoms with van der Waals surface area (Å²) in [7, 11) is 1.49. The molecule has 1 amide bonds. The van der Waals surface area contributed by atoms with E-state index in [1.807, 2.05) is 0 Å². The summed E-state index contributed by atoms with van der Waals surface area (Å²) in [5.41, 5.74) is 4.16. The maximum Gasteiger partial charge on any atom is 0.490 e. The SMILES string of the molecule is COc1ccc(C=NNC(=O)c2ccc([N+](=O)[O-])c(C)c2)cc1Cn1cnc([N+](=O)[O-])n1. The van der Waals surface area contributed by atoms with E-state index in [1.54, 1.807) is 25.1 Å². The summed E-state index contributed by atoms with van der Waals surface area (Å²) in [6, 6.07) is 9.13. The monoisotopic (exact) mass is 439 g/mol. The lowest BCUT2D eigenvalue weighted by Crippen LogP contribution is -2.17. The summed E-state index contributed by atoms with van der Waals surface area (Å²) in [5, 5.41) is 29.3. The molecule has 0 aliphatic heterocycles. The molecular weight excluding hydrogens is 422 g/mol. The maximum atomic E-state index is 12.2. The van der Waals surface area contributed by atoms with Crippen molar-refractivity contribution in [3.8, 4) is 5.75 Å². The molecule has 1 heterocycles. The van der Waals surface area contributed by atoms with Gasteiger partial charge in [-0.25, -0.2) is 5.43 Å². The Morgan fingerprint density at radius 3 is 2.62 bits per heavy atom. The minimum absolute atomic E-state index is 0.0754. The standard InChI is InChI=1S/C19H17N7O6/c1-12-7-14(4-5-16(12)25(28)29)18(27)22-21-9-13-3-6-17(32-2)15(8-13)10-24-11-20-19(23-24)26(30)31/h3-9,11H,10H2,1-2H3,(H,22,27). The summed E-state index contributed by atoms with van der Waals surface area (Å²) < 4.78 is 6.61. The van der Waals surface area contributed by atoms with Gasteiger partial charge in [0.2, 0.25) is 6.33 Å². The molecule has 3 aromatic rings. The maximum absolute atomic E-state index is 12.2. The van der Waals surface area contributed by atoms with Gasteiger partial charge in [-0.3, -0.25) is 14.9 Å². The Labute approximate surface area is 180 Å². The normalized spacial score (nSPS) is 10.8. The smallest absolute Gasteiger partial charge is 0.490 e. The topological polar surface area (TPSA) is 168 Å². The number of hydrogen-bond acceptors (Lipinski definition) is 9. The second-order valence-corrected chi connectivity index (χ2v) is 6.53. The zero-order chi connectivity index (χ0) is 23.3. The molecule has 0 fully saturated rings. The fraction of sp³-hybridized carbons (Fsp3) is 0.158. The van der Waals surface area contributed by atoms with Gasteiger partial charge < -0.3 is 14.9 Å². The van der Waals surface area contributed by atoms with Crippen molar-refractivity contribution < 1.29 is 19.4 Å². The van der Waals surface area contributed by atoms with Crippen LogP contribution in [-0.2, 0) is 6.54 Å². The number of ether oxygens (including phenoxy) is 1. The lowest BCUT2D eigenvalue weighted by molar-refractivity contribution is -0.394. The Hall–Kier alpha value is -4.68. The van der Waals surface area contributed by atoms with Gasteiger partial charge in [-0.05, 0) is 47.7 Å². The van der Waals surface area contributed by atoms with E-state index in [1.165, 1.54) is 42.5 Å². The number of nitrogens with one attached hydrogen (secondary N) is 1. The zero-order valence-electron chi connectivity index (χ0n) is 17.0. The molecule has 1 N–H and O–H groups in total. The molecule has 3 rings (SSSR count). The van der Waals surface area contributed by atoms with Crippen LogP contribution in [0, 0.1) is 27.2 Å². The number of rotatable bonds is 8. The van der Waals surface area contributed by atoms with Crippen molar-refractivity contribution >= 4 is 23.8 Å². The minimum atomic E-state index is -0.689. The van der Waals surface area contributed by atoms with Crippen LogP contribution in [0.5, 0.6) is 5.75 Å². The highest BCUT2D eigenvalue weighted by Crippen LogP contribution is 2.21. The second-order valence-electron chi connectivity index (χ2n) is 6.53. The summed E-state index contributed by atoms with van der Waals surface area (Å²) in [4.78, 5) is 36.3. The molecule has 1 aromatic heterocycles. The molecule has 0 saturated heterocycles. The summed E-state index contributed by atoms with van der Waals surface area (Å²) >= 11 is 0. The van der Waals surface area contributed by atoms with Gasteiger partial charge in [0.25, 0.3) is 11.6 Å². The Balaban J connectivity index is 1.72.